The lowest BCUT2D eigenvalue weighted by molar-refractivity contribution is -0.141. The van der Waals surface area contributed by atoms with E-state index in [1.807, 2.05) is 0 Å². The highest BCUT2D eigenvalue weighted by molar-refractivity contribution is 7.99. The topological polar surface area (TPSA) is 78.3 Å². The van der Waals surface area contributed by atoms with E-state index in [4.69, 9.17) is 0 Å². The summed E-state index contributed by atoms with van der Waals surface area (Å²) in [5.74, 6) is 0.789. The highest BCUT2D eigenvalue weighted by Gasteiger charge is 2.34. The van der Waals surface area contributed by atoms with Gasteiger partial charge in [-0.2, -0.15) is 24.9 Å². The van der Waals surface area contributed by atoms with Crippen molar-refractivity contribution in [1.29, 1.82) is 0 Å². The van der Waals surface area contributed by atoms with Gasteiger partial charge in [-0.3, -0.25) is 4.98 Å². The molecule has 0 unspecified atom stereocenters. The summed E-state index contributed by atoms with van der Waals surface area (Å²) in [5.41, 5.74) is -1.10. The van der Waals surface area contributed by atoms with Gasteiger partial charge in [0, 0.05) is 11.5 Å². The number of halogens is 3. The minimum Gasteiger partial charge on any atom is -0.389 e. The second-order valence-electron chi connectivity index (χ2n) is 4.13. The molecule has 106 valence electrons. The van der Waals surface area contributed by atoms with Crippen molar-refractivity contribution in [2.45, 2.75) is 24.4 Å². The van der Waals surface area contributed by atoms with Gasteiger partial charge in [0.2, 0.25) is 0 Å². The van der Waals surface area contributed by atoms with Crippen molar-refractivity contribution in [2.75, 3.05) is 16.8 Å². The van der Waals surface area contributed by atoms with E-state index in [-0.39, 0.29) is 5.82 Å². The number of nitrogens with zero attached hydrogens (tertiary/aromatic N) is 2. The van der Waals surface area contributed by atoms with Gasteiger partial charge in [-0.25, -0.2) is 4.98 Å². The molecule has 0 spiro atoms. The van der Waals surface area contributed by atoms with Gasteiger partial charge in [0.25, 0.3) is 0 Å². The number of thioether (sulfide) groups is 1. The first kappa shape index (κ1) is 14.4. The average molecular weight is 295 g/mol. The van der Waals surface area contributed by atoms with E-state index in [1.54, 1.807) is 0 Å². The van der Waals surface area contributed by atoms with E-state index < -0.39 is 30.1 Å². The molecule has 1 aromatic rings. The Hall–Kier alpha value is -1.06. The normalized spacial score (nSPS) is 28.2. The van der Waals surface area contributed by atoms with Gasteiger partial charge >= 0.3 is 6.18 Å². The van der Waals surface area contributed by atoms with Gasteiger partial charge in [0.05, 0.1) is 24.5 Å². The van der Waals surface area contributed by atoms with Gasteiger partial charge in [0.15, 0.2) is 5.69 Å². The summed E-state index contributed by atoms with van der Waals surface area (Å²) in [5, 5.41) is 21.9. The van der Waals surface area contributed by atoms with Crippen LogP contribution in [-0.4, -0.2) is 49.9 Å². The fourth-order valence-electron chi connectivity index (χ4n) is 1.67. The average Bonchev–Trinajstić information content (AvgIpc) is 2.34. The molecule has 0 aromatic carbocycles. The van der Waals surface area contributed by atoms with Crippen molar-refractivity contribution in [3.8, 4) is 0 Å². The smallest absolute Gasteiger partial charge is 0.389 e. The van der Waals surface area contributed by atoms with Crippen LogP contribution in [0.5, 0.6) is 0 Å². The van der Waals surface area contributed by atoms with Gasteiger partial charge in [-0.05, 0) is 0 Å². The second kappa shape index (κ2) is 5.51. The van der Waals surface area contributed by atoms with E-state index in [9.17, 15) is 23.4 Å². The Morgan fingerprint density at radius 2 is 2.00 bits per heavy atom. The maximum absolute atomic E-state index is 12.5. The third kappa shape index (κ3) is 3.48. The molecule has 1 fully saturated rings. The molecule has 1 aromatic heterocycles. The maximum atomic E-state index is 12.5. The molecule has 0 amide bonds. The fraction of sp³-hybridized carbons (Fsp3) is 0.600. The number of rotatable bonds is 2. The lowest BCUT2D eigenvalue weighted by atomic mass is 10.1. The molecule has 0 aliphatic carbocycles. The number of aliphatic hydroxyl groups excluding tert-OH is 2. The van der Waals surface area contributed by atoms with Crippen molar-refractivity contribution in [2.24, 2.45) is 0 Å². The summed E-state index contributed by atoms with van der Waals surface area (Å²) >= 11 is 1.40. The molecular weight excluding hydrogens is 283 g/mol. The molecule has 1 aliphatic rings. The van der Waals surface area contributed by atoms with Crippen molar-refractivity contribution in [1.82, 2.24) is 9.97 Å². The summed E-state index contributed by atoms with van der Waals surface area (Å²) in [6, 6.07) is -0.563. The Bertz CT molecular complexity index is 446. The first-order chi connectivity index (χ1) is 8.88. The molecule has 3 atom stereocenters. The zero-order valence-electron chi connectivity index (χ0n) is 9.63. The van der Waals surface area contributed by atoms with E-state index in [1.165, 1.54) is 11.8 Å². The summed E-state index contributed by atoms with van der Waals surface area (Å²) in [6.07, 6.45) is -4.74. The zero-order valence-corrected chi connectivity index (χ0v) is 10.4. The molecule has 0 radical (unpaired) electrons. The molecule has 9 heteroatoms. The van der Waals surface area contributed by atoms with Crippen LogP contribution in [0.1, 0.15) is 5.69 Å². The van der Waals surface area contributed by atoms with Crippen LogP contribution in [0.25, 0.3) is 0 Å². The fourth-order valence-corrected chi connectivity index (χ4v) is 2.78. The molecule has 1 aliphatic heterocycles. The Morgan fingerprint density at radius 3 is 2.68 bits per heavy atom. The zero-order chi connectivity index (χ0) is 14.0. The van der Waals surface area contributed by atoms with Gasteiger partial charge in [0.1, 0.15) is 11.9 Å². The van der Waals surface area contributed by atoms with E-state index in [2.05, 4.69) is 15.3 Å². The monoisotopic (exact) mass is 295 g/mol. The van der Waals surface area contributed by atoms with Crippen LogP contribution in [0.2, 0.25) is 0 Å². The number of hydrogen-bond acceptors (Lipinski definition) is 6. The molecule has 5 nitrogen and oxygen atoms in total. The molecule has 3 N–H and O–H groups in total. The lowest BCUT2D eigenvalue weighted by Crippen LogP contribution is -2.48. The molecule has 2 rings (SSSR count). The minimum absolute atomic E-state index is 0.0754. The van der Waals surface area contributed by atoms with Crippen LogP contribution >= 0.6 is 11.8 Å². The van der Waals surface area contributed by atoms with Gasteiger partial charge in [-0.1, -0.05) is 0 Å². The second-order valence-corrected chi connectivity index (χ2v) is 5.21. The maximum Gasteiger partial charge on any atom is 0.434 e. The van der Waals surface area contributed by atoms with Crippen molar-refractivity contribution >= 4 is 17.6 Å². The predicted octanol–water partition coefficient (Wildman–Crippen LogP) is 0.744. The molecule has 1 saturated heterocycles. The summed E-state index contributed by atoms with van der Waals surface area (Å²) < 4.78 is 37.4. The Kier molecular flexibility index (Phi) is 4.16. The molecule has 0 bridgehead atoms. The summed E-state index contributed by atoms with van der Waals surface area (Å²) in [4.78, 5) is 6.86. The van der Waals surface area contributed by atoms with Crippen LogP contribution in [0.15, 0.2) is 12.4 Å². The van der Waals surface area contributed by atoms with Crippen molar-refractivity contribution in [3.05, 3.63) is 18.1 Å². The number of nitrogens with one attached hydrogen (secondary N) is 1. The van der Waals surface area contributed by atoms with Crippen LogP contribution in [-0.2, 0) is 6.18 Å². The van der Waals surface area contributed by atoms with Gasteiger partial charge in [-0.15, -0.1) is 0 Å². The van der Waals surface area contributed by atoms with E-state index in [0.717, 1.165) is 6.20 Å². The number of aliphatic hydroxyl groups is 2. The predicted molar refractivity (Wildman–Crippen MR) is 63.8 cm³/mol. The molecular formula is C10H12F3N3O2S. The molecule has 19 heavy (non-hydrogen) atoms. The van der Waals surface area contributed by atoms with Crippen LogP contribution < -0.4 is 5.32 Å². The largest absolute Gasteiger partial charge is 0.434 e. The SMILES string of the molecule is O[C@@H]1[C@@H](Nc2cncc(C(F)(F)F)n2)CSC[C@@H]1O. The van der Waals surface area contributed by atoms with Gasteiger partial charge < -0.3 is 15.5 Å². The van der Waals surface area contributed by atoms with E-state index >= 15 is 0 Å². The quantitative estimate of drug-likeness (QED) is 0.747. The Morgan fingerprint density at radius 1 is 1.26 bits per heavy atom. The summed E-state index contributed by atoms with van der Waals surface area (Å²) in [7, 11) is 0. The highest BCUT2D eigenvalue weighted by Crippen LogP contribution is 2.28. The Balaban J connectivity index is 2.11. The first-order valence-electron chi connectivity index (χ1n) is 5.47. The Labute approximate surface area is 111 Å². The third-order valence-corrected chi connectivity index (χ3v) is 3.82. The van der Waals surface area contributed by atoms with Crippen LogP contribution in [0, 0.1) is 0 Å². The minimum atomic E-state index is -4.57. The molecule has 2 heterocycles. The third-order valence-electron chi connectivity index (χ3n) is 2.65. The van der Waals surface area contributed by atoms with Crippen molar-refractivity contribution in [3.63, 3.8) is 0 Å². The van der Waals surface area contributed by atoms with Crippen LogP contribution in [0.4, 0.5) is 19.0 Å². The van der Waals surface area contributed by atoms with Crippen molar-refractivity contribution < 1.29 is 23.4 Å². The summed E-state index contributed by atoms with van der Waals surface area (Å²) in [6.45, 7) is 0. The molecule has 0 saturated carbocycles. The number of anilines is 1. The lowest BCUT2D eigenvalue weighted by Gasteiger charge is -2.32. The standard InChI is InChI=1S/C10H12F3N3O2S/c11-10(12,13)7-1-14-2-8(16-7)15-5-3-19-4-6(17)9(5)18/h1-2,5-6,9,17-18H,3-4H2,(H,15,16)/t5-,6-,9+/m0/s1. The highest BCUT2D eigenvalue weighted by atomic mass is 32.2. The van der Waals surface area contributed by atoms with Crippen LogP contribution in [0.3, 0.4) is 0 Å². The number of aromatic nitrogens is 2. The number of alkyl halides is 3. The number of hydrogen-bond donors (Lipinski definition) is 3. The van der Waals surface area contributed by atoms with E-state index in [0.29, 0.717) is 17.7 Å². The first-order valence-corrected chi connectivity index (χ1v) is 6.63.